The minimum atomic E-state index is -0.127. The first-order chi connectivity index (χ1) is 19.6. The highest BCUT2D eigenvalue weighted by Crippen LogP contribution is 2.56. The van der Waals surface area contributed by atoms with Gasteiger partial charge in [-0.15, -0.1) is 0 Å². The first-order valence-electron chi connectivity index (χ1n) is 14.6. The van der Waals surface area contributed by atoms with Gasteiger partial charge < -0.3 is 9.47 Å². The topological polar surface area (TPSA) is 18.5 Å². The number of benzene rings is 5. The monoisotopic (exact) mass is 558 g/mol. The highest BCUT2D eigenvalue weighted by atomic mass is 35.5. The van der Waals surface area contributed by atoms with Gasteiger partial charge in [-0.1, -0.05) is 101 Å². The second-order valence-corrected chi connectivity index (χ2v) is 13.4. The zero-order valence-corrected chi connectivity index (χ0v) is 25.2. The number of aryl methyl sites for hydroxylation is 1. The summed E-state index contributed by atoms with van der Waals surface area (Å²) in [6, 6.07) is 29.6. The van der Waals surface area contributed by atoms with Gasteiger partial charge in [-0.05, 0) is 99.2 Å². The molecule has 5 aromatic rings. The van der Waals surface area contributed by atoms with E-state index in [-0.39, 0.29) is 10.8 Å². The van der Waals surface area contributed by atoms with Crippen molar-refractivity contribution < 1.29 is 9.47 Å². The highest BCUT2D eigenvalue weighted by molar-refractivity contribution is 6.33. The van der Waals surface area contributed by atoms with Crippen LogP contribution in [0.15, 0.2) is 84.9 Å². The third-order valence-electron chi connectivity index (χ3n) is 8.92. The zero-order chi connectivity index (χ0) is 28.5. The lowest BCUT2D eigenvalue weighted by Gasteiger charge is -2.24. The third-order valence-corrected chi connectivity index (χ3v) is 9.29. The Morgan fingerprint density at radius 1 is 0.732 bits per heavy atom. The second kappa shape index (κ2) is 9.39. The molecule has 206 valence electrons. The predicted octanol–water partition coefficient (Wildman–Crippen LogP) is 11.2. The maximum atomic E-state index is 7.08. The Bertz CT molecular complexity index is 1840. The van der Waals surface area contributed by atoms with Gasteiger partial charge in [-0.2, -0.15) is 0 Å². The molecule has 7 rings (SSSR count). The van der Waals surface area contributed by atoms with Gasteiger partial charge in [0.15, 0.2) is 0 Å². The number of rotatable bonds is 4. The van der Waals surface area contributed by atoms with Crippen molar-refractivity contribution in [3.63, 3.8) is 0 Å². The molecule has 41 heavy (non-hydrogen) atoms. The van der Waals surface area contributed by atoms with Crippen LogP contribution in [0.2, 0.25) is 5.02 Å². The summed E-state index contributed by atoms with van der Waals surface area (Å²) in [6.45, 7) is 11.3. The van der Waals surface area contributed by atoms with E-state index < -0.39 is 0 Å². The standard InChI is InChI=1S/C38H35ClO2/c1-37(2,3)26-21-32(40-27-18-16-23-10-6-7-11-25(23)20-27)36(39)33(22-26)41-31-15-9-14-30-34(31)29-19-17-24-12-8-13-28(24)35(29)38(30,4)5/h6-7,9-11,14-22H,8,12-13H2,1-5H3. The molecule has 0 unspecified atom stereocenters. The van der Waals surface area contributed by atoms with Gasteiger partial charge >= 0.3 is 0 Å². The summed E-state index contributed by atoms with van der Waals surface area (Å²) in [5.41, 5.74) is 9.16. The van der Waals surface area contributed by atoms with E-state index in [1.54, 1.807) is 0 Å². The van der Waals surface area contributed by atoms with Crippen LogP contribution in [-0.2, 0) is 23.7 Å². The van der Waals surface area contributed by atoms with Crippen molar-refractivity contribution >= 4 is 22.4 Å². The molecule has 2 aliphatic carbocycles. The molecule has 5 aromatic carbocycles. The Balaban J connectivity index is 1.33. The van der Waals surface area contributed by atoms with Crippen LogP contribution in [0, 0.1) is 0 Å². The van der Waals surface area contributed by atoms with E-state index in [4.69, 9.17) is 21.1 Å². The van der Waals surface area contributed by atoms with Crippen molar-refractivity contribution in [2.24, 2.45) is 0 Å². The fraction of sp³-hybridized carbons (Fsp3) is 0.263. The van der Waals surface area contributed by atoms with E-state index in [9.17, 15) is 0 Å². The van der Waals surface area contributed by atoms with Gasteiger partial charge in [0.25, 0.3) is 0 Å². The van der Waals surface area contributed by atoms with Gasteiger partial charge in [-0.3, -0.25) is 0 Å². The minimum Gasteiger partial charge on any atom is -0.456 e. The van der Waals surface area contributed by atoms with E-state index >= 15 is 0 Å². The molecule has 3 heteroatoms. The molecule has 2 nitrogen and oxygen atoms in total. The summed E-state index contributed by atoms with van der Waals surface area (Å²) in [4.78, 5) is 0. The van der Waals surface area contributed by atoms with Crippen LogP contribution in [0.3, 0.4) is 0 Å². The normalized spacial score (nSPS) is 15.0. The molecule has 2 aliphatic rings. The van der Waals surface area contributed by atoms with E-state index in [1.165, 1.54) is 51.6 Å². The molecule has 0 saturated carbocycles. The molecular formula is C38H35ClO2. The Hall–Kier alpha value is -3.75. The van der Waals surface area contributed by atoms with Gasteiger partial charge in [0, 0.05) is 11.0 Å². The molecule has 0 fully saturated rings. The summed E-state index contributed by atoms with van der Waals surface area (Å²) < 4.78 is 13.2. The van der Waals surface area contributed by atoms with Crippen LogP contribution in [0.4, 0.5) is 0 Å². The number of fused-ring (bicyclic) bond motifs is 6. The molecule has 0 heterocycles. The molecule has 0 saturated heterocycles. The molecule has 0 bridgehead atoms. The van der Waals surface area contributed by atoms with Crippen LogP contribution in [-0.4, -0.2) is 0 Å². The molecule has 0 spiro atoms. The van der Waals surface area contributed by atoms with Gasteiger partial charge in [-0.25, -0.2) is 0 Å². The largest absolute Gasteiger partial charge is 0.456 e. The van der Waals surface area contributed by atoms with E-state index in [0.29, 0.717) is 16.5 Å². The lowest BCUT2D eigenvalue weighted by molar-refractivity contribution is 0.455. The summed E-state index contributed by atoms with van der Waals surface area (Å²) in [7, 11) is 0. The van der Waals surface area contributed by atoms with Crippen LogP contribution in [0.5, 0.6) is 23.0 Å². The van der Waals surface area contributed by atoms with Crippen molar-refractivity contribution in [1.29, 1.82) is 0 Å². The van der Waals surface area contributed by atoms with Crippen LogP contribution in [0.1, 0.15) is 68.9 Å². The fourth-order valence-corrected chi connectivity index (χ4v) is 6.95. The van der Waals surface area contributed by atoms with Crippen LogP contribution < -0.4 is 9.47 Å². The number of ether oxygens (including phenoxy) is 2. The van der Waals surface area contributed by atoms with E-state index in [1.807, 2.05) is 24.3 Å². The van der Waals surface area contributed by atoms with Crippen molar-refractivity contribution in [1.82, 2.24) is 0 Å². The third kappa shape index (κ3) is 4.32. The lowest BCUT2D eigenvalue weighted by atomic mass is 9.79. The van der Waals surface area contributed by atoms with Crippen molar-refractivity contribution in [2.45, 2.75) is 64.7 Å². The summed E-state index contributed by atoms with van der Waals surface area (Å²) in [5, 5.41) is 2.76. The molecule has 0 N–H and O–H groups in total. The summed E-state index contributed by atoms with van der Waals surface area (Å²) in [6.07, 6.45) is 3.56. The van der Waals surface area contributed by atoms with Gasteiger partial charge in [0.2, 0.25) is 0 Å². The average Bonchev–Trinajstić information content (AvgIpc) is 3.51. The first-order valence-corrected chi connectivity index (χ1v) is 15.0. The first kappa shape index (κ1) is 26.2. The molecule has 0 aromatic heterocycles. The molecule has 0 aliphatic heterocycles. The maximum absolute atomic E-state index is 7.08. The Morgan fingerprint density at radius 3 is 2.27 bits per heavy atom. The van der Waals surface area contributed by atoms with Crippen molar-refractivity contribution in [2.75, 3.05) is 0 Å². The fourth-order valence-electron chi connectivity index (χ4n) is 6.77. The smallest absolute Gasteiger partial charge is 0.150 e. The molecule has 0 atom stereocenters. The predicted molar refractivity (Wildman–Crippen MR) is 170 cm³/mol. The highest BCUT2D eigenvalue weighted by Gasteiger charge is 2.40. The van der Waals surface area contributed by atoms with Crippen molar-refractivity contribution in [3.8, 4) is 34.1 Å². The van der Waals surface area contributed by atoms with E-state index in [2.05, 4.69) is 95.3 Å². The molecular weight excluding hydrogens is 524 g/mol. The summed E-state index contributed by atoms with van der Waals surface area (Å²) >= 11 is 7.08. The number of hydrogen-bond acceptors (Lipinski definition) is 2. The SMILES string of the molecule is CC(C)(C)c1cc(Oc2ccc3ccccc3c2)c(Cl)c(Oc2cccc3c2-c2ccc4c(c2C3(C)C)CCC4)c1. The quantitative estimate of drug-likeness (QED) is 0.218. The Labute approximate surface area is 247 Å². The summed E-state index contributed by atoms with van der Waals surface area (Å²) in [5.74, 6) is 2.77. The van der Waals surface area contributed by atoms with Gasteiger partial charge in [0.05, 0.1) is 0 Å². The average molecular weight is 559 g/mol. The zero-order valence-electron chi connectivity index (χ0n) is 24.4. The Kier molecular flexibility index (Phi) is 5.99. The molecule has 0 radical (unpaired) electrons. The maximum Gasteiger partial charge on any atom is 0.150 e. The minimum absolute atomic E-state index is 0.0822. The second-order valence-electron chi connectivity index (χ2n) is 13.0. The number of hydrogen-bond donors (Lipinski definition) is 0. The van der Waals surface area contributed by atoms with E-state index in [0.717, 1.165) is 28.9 Å². The van der Waals surface area contributed by atoms with Crippen LogP contribution >= 0.6 is 11.6 Å². The number of halogens is 1. The Morgan fingerprint density at radius 2 is 1.49 bits per heavy atom. The van der Waals surface area contributed by atoms with Crippen LogP contribution in [0.25, 0.3) is 21.9 Å². The van der Waals surface area contributed by atoms with Gasteiger partial charge in [0.1, 0.15) is 28.0 Å². The lowest BCUT2D eigenvalue weighted by Crippen LogP contribution is -2.17. The molecule has 0 amide bonds. The van der Waals surface area contributed by atoms with Crippen molar-refractivity contribution in [3.05, 3.63) is 118 Å².